The van der Waals surface area contributed by atoms with Gasteiger partial charge in [0.1, 0.15) is 0 Å². The maximum Gasteiger partial charge on any atom is 0.238 e. The molecule has 1 heterocycles. The lowest BCUT2D eigenvalue weighted by Crippen LogP contribution is -2.29. The Labute approximate surface area is 142 Å². The van der Waals surface area contributed by atoms with E-state index in [0.29, 0.717) is 5.56 Å². The number of carbonyl (C=O) groups is 1. The molecule has 24 heavy (non-hydrogen) atoms. The van der Waals surface area contributed by atoms with Crippen molar-refractivity contribution in [3.05, 3.63) is 52.8 Å². The van der Waals surface area contributed by atoms with E-state index in [9.17, 15) is 13.2 Å². The number of aryl methyl sites for hydroxylation is 2. The highest BCUT2D eigenvalue weighted by Gasteiger charge is 2.19. The predicted octanol–water partition coefficient (Wildman–Crippen LogP) is 2.15. The quantitative estimate of drug-likeness (QED) is 0.781. The van der Waals surface area contributed by atoms with Gasteiger partial charge in [0.15, 0.2) is 5.78 Å². The van der Waals surface area contributed by atoms with Crippen LogP contribution in [0.15, 0.2) is 35.2 Å². The van der Waals surface area contributed by atoms with Crippen molar-refractivity contribution in [2.75, 3.05) is 13.6 Å². The van der Waals surface area contributed by atoms with Crippen molar-refractivity contribution in [1.82, 2.24) is 9.88 Å². The van der Waals surface area contributed by atoms with E-state index in [0.717, 1.165) is 17.0 Å². The molecule has 0 spiro atoms. The minimum Gasteiger partial charge on any atom is -0.362 e. The molecule has 3 N–H and O–H groups in total. The average molecular weight is 349 g/mol. The molecule has 0 aliphatic rings. The number of Topliss-reactive ketones (excluding diaryl/α,β-unsaturated/α-hetero) is 1. The molecule has 0 saturated carbocycles. The summed E-state index contributed by atoms with van der Waals surface area (Å²) in [4.78, 5) is 17.6. The Kier molecular flexibility index (Phi) is 5.27. The molecular formula is C17H23N3O3S. The number of carbonyl (C=O) groups excluding carboxylic acids is 1. The third-order valence-corrected chi connectivity index (χ3v) is 5.08. The summed E-state index contributed by atoms with van der Waals surface area (Å²) in [6, 6.07) is 8.20. The Bertz CT molecular complexity index is 856. The van der Waals surface area contributed by atoms with E-state index >= 15 is 0 Å². The first-order valence-corrected chi connectivity index (χ1v) is 9.16. The molecule has 130 valence electrons. The molecule has 0 fully saturated rings. The highest BCUT2D eigenvalue weighted by Crippen LogP contribution is 2.22. The van der Waals surface area contributed by atoms with Crippen LogP contribution in [0.5, 0.6) is 0 Å². The Morgan fingerprint density at radius 2 is 1.96 bits per heavy atom. The van der Waals surface area contributed by atoms with Gasteiger partial charge in [0.2, 0.25) is 10.0 Å². The number of aromatic nitrogens is 1. The lowest BCUT2D eigenvalue weighted by molar-refractivity contribution is 0.0924. The van der Waals surface area contributed by atoms with Crippen LogP contribution in [-0.4, -0.2) is 37.7 Å². The number of primary sulfonamides is 1. The number of hydrogen-bond acceptors (Lipinski definition) is 4. The Hall–Kier alpha value is -1.96. The second-order valence-electron chi connectivity index (χ2n) is 6.12. The van der Waals surface area contributed by atoms with E-state index in [-0.39, 0.29) is 23.3 Å². The number of H-pyrrole nitrogens is 1. The second-order valence-corrected chi connectivity index (χ2v) is 7.68. The Morgan fingerprint density at radius 1 is 1.29 bits per heavy atom. The van der Waals surface area contributed by atoms with Crippen LogP contribution in [0.2, 0.25) is 0 Å². The maximum atomic E-state index is 12.5. The Morgan fingerprint density at radius 3 is 2.50 bits per heavy atom. The lowest BCUT2D eigenvalue weighted by Gasteiger charge is -2.24. The van der Waals surface area contributed by atoms with Gasteiger partial charge in [-0.2, -0.15) is 0 Å². The standard InChI is InChI=1S/C17H23N3O3S/c1-11-8-16(12(2)19-11)17(21)10-20(4)13(3)14-6-5-7-15(9-14)24(18,22)23/h5-9,13,19H,10H2,1-4H3,(H2,18,22,23). The number of hydrogen-bond donors (Lipinski definition) is 2. The van der Waals surface area contributed by atoms with Gasteiger partial charge >= 0.3 is 0 Å². The van der Waals surface area contributed by atoms with Crippen LogP contribution in [-0.2, 0) is 10.0 Å². The van der Waals surface area contributed by atoms with Gasteiger partial charge in [-0.05, 0) is 51.6 Å². The summed E-state index contributed by atoms with van der Waals surface area (Å²) in [6.45, 7) is 5.94. The van der Waals surface area contributed by atoms with Gasteiger partial charge in [0.05, 0.1) is 11.4 Å². The van der Waals surface area contributed by atoms with Crippen molar-refractivity contribution < 1.29 is 13.2 Å². The highest BCUT2D eigenvalue weighted by molar-refractivity contribution is 7.89. The van der Waals surface area contributed by atoms with Crippen molar-refractivity contribution in [1.29, 1.82) is 0 Å². The summed E-state index contributed by atoms with van der Waals surface area (Å²) >= 11 is 0. The predicted molar refractivity (Wildman–Crippen MR) is 93.5 cm³/mol. The van der Waals surface area contributed by atoms with Crippen molar-refractivity contribution in [2.24, 2.45) is 5.14 Å². The van der Waals surface area contributed by atoms with Crippen molar-refractivity contribution in [2.45, 2.75) is 31.7 Å². The van der Waals surface area contributed by atoms with E-state index < -0.39 is 10.0 Å². The number of ketones is 1. The van der Waals surface area contributed by atoms with Crippen LogP contribution in [0, 0.1) is 13.8 Å². The fourth-order valence-corrected chi connectivity index (χ4v) is 3.24. The smallest absolute Gasteiger partial charge is 0.238 e. The summed E-state index contributed by atoms with van der Waals surface area (Å²) in [5.74, 6) is 0.0220. The van der Waals surface area contributed by atoms with Gasteiger partial charge in [0, 0.05) is 23.0 Å². The average Bonchev–Trinajstić information content (AvgIpc) is 2.84. The van der Waals surface area contributed by atoms with Crippen LogP contribution in [0.25, 0.3) is 0 Å². The summed E-state index contributed by atoms with van der Waals surface area (Å²) in [6.07, 6.45) is 0. The van der Waals surface area contributed by atoms with Crippen LogP contribution in [0.1, 0.15) is 40.3 Å². The molecule has 6 nitrogen and oxygen atoms in total. The van der Waals surface area contributed by atoms with Crippen molar-refractivity contribution in [3.8, 4) is 0 Å². The normalized spacial score (nSPS) is 13.2. The first kappa shape index (κ1) is 18.4. The number of benzene rings is 1. The molecule has 0 radical (unpaired) electrons. The van der Waals surface area contributed by atoms with Crippen LogP contribution in [0.3, 0.4) is 0 Å². The SMILES string of the molecule is Cc1cc(C(=O)CN(C)C(C)c2cccc(S(N)(=O)=O)c2)c(C)[nH]1. The van der Waals surface area contributed by atoms with E-state index in [1.165, 1.54) is 6.07 Å². The van der Waals surface area contributed by atoms with Gasteiger partial charge in [-0.25, -0.2) is 13.6 Å². The van der Waals surface area contributed by atoms with E-state index in [2.05, 4.69) is 4.98 Å². The van der Waals surface area contributed by atoms with Crippen LogP contribution >= 0.6 is 0 Å². The summed E-state index contributed by atoms with van der Waals surface area (Å²) < 4.78 is 23.0. The number of likely N-dealkylation sites (N-methyl/N-ethyl adjacent to an activating group) is 1. The molecular weight excluding hydrogens is 326 g/mol. The summed E-state index contributed by atoms with van der Waals surface area (Å²) in [5.41, 5.74) is 3.28. The monoisotopic (exact) mass is 349 g/mol. The highest BCUT2D eigenvalue weighted by atomic mass is 32.2. The van der Waals surface area contributed by atoms with Gasteiger partial charge in [-0.3, -0.25) is 9.69 Å². The molecule has 2 rings (SSSR count). The molecule has 0 bridgehead atoms. The first-order valence-electron chi connectivity index (χ1n) is 7.62. The zero-order chi connectivity index (χ0) is 18.1. The minimum absolute atomic E-state index is 0.0220. The first-order chi connectivity index (χ1) is 11.1. The number of aromatic amines is 1. The molecule has 0 saturated heterocycles. The molecule has 0 aliphatic carbocycles. The van der Waals surface area contributed by atoms with E-state index in [1.807, 2.05) is 44.9 Å². The molecule has 1 unspecified atom stereocenters. The van der Waals surface area contributed by atoms with Crippen LogP contribution < -0.4 is 5.14 Å². The molecule has 1 atom stereocenters. The molecule has 2 aromatic rings. The number of rotatable bonds is 6. The fourth-order valence-electron chi connectivity index (χ4n) is 2.67. The topological polar surface area (TPSA) is 96.3 Å². The van der Waals surface area contributed by atoms with E-state index in [4.69, 9.17) is 5.14 Å². The molecule has 1 aromatic heterocycles. The largest absolute Gasteiger partial charge is 0.362 e. The number of nitrogens with two attached hydrogens (primary N) is 1. The van der Waals surface area contributed by atoms with Crippen LogP contribution in [0.4, 0.5) is 0 Å². The number of sulfonamides is 1. The molecule has 0 aliphatic heterocycles. The molecule has 7 heteroatoms. The second kappa shape index (κ2) is 6.88. The maximum absolute atomic E-state index is 12.5. The number of nitrogens with one attached hydrogen (secondary N) is 1. The van der Waals surface area contributed by atoms with Gasteiger partial charge < -0.3 is 4.98 Å². The Balaban J connectivity index is 2.16. The van der Waals surface area contributed by atoms with Gasteiger partial charge in [-0.1, -0.05) is 12.1 Å². The third-order valence-electron chi connectivity index (χ3n) is 4.17. The summed E-state index contributed by atoms with van der Waals surface area (Å²) in [7, 11) is -1.91. The van der Waals surface area contributed by atoms with Crippen molar-refractivity contribution in [3.63, 3.8) is 0 Å². The fraction of sp³-hybridized carbons (Fsp3) is 0.353. The third kappa shape index (κ3) is 4.11. The van der Waals surface area contributed by atoms with Gasteiger partial charge in [-0.15, -0.1) is 0 Å². The zero-order valence-electron chi connectivity index (χ0n) is 14.3. The minimum atomic E-state index is -3.74. The molecule has 0 amide bonds. The zero-order valence-corrected chi connectivity index (χ0v) is 15.1. The summed E-state index contributed by atoms with van der Waals surface area (Å²) in [5, 5.41) is 5.18. The molecule has 1 aromatic carbocycles. The number of nitrogens with zero attached hydrogens (tertiary/aromatic N) is 1. The lowest BCUT2D eigenvalue weighted by atomic mass is 10.1. The van der Waals surface area contributed by atoms with Gasteiger partial charge in [0.25, 0.3) is 0 Å². The van der Waals surface area contributed by atoms with Crippen molar-refractivity contribution >= 4 is 15.8 Å². The van der Waals surface area contributed by atoms with E-state index in [1.54, 1.807) is 12.1 Å².